The van der Waals surface area contributed by atoms with Crippen LogP contribution in [0.1, 0.15) is 82.6 Å². The van der Waals surface area contributed by atoms with E-state index in [1.807, 2.05) is 34.1 Å². The summed E-state index contributed by atoms with van der Waals surface area (Å²) >= 11 is 0. The van der Waals surface area contributed by atoms with Crippen LogP contribution in [0.5, 0.6) is 0 Å². The zero-order valence-electron chi connectivity index (χ0n) is 23.6. The Kier molecular flexibility index (Phi) is 8.19. The van der Waals surface area contributed by atoms with Crippen LogP contribution >= 0.6 is 0 Å². The first kappa shape index (κ1) is 27.6. The molecule has 7 nitrogen and oxygen atoms in total. The molecule has 3 aliphatic rings. The van der Waals surface area contributed by atoms with Crippen molar-refractivity contribution in [2.45, 2.75) is 57.4 Å². The van der Waals surface area contributed by atoms with Crippen molar-refractivity contribution in [3.8, 4) is 0 Å². The van der Waals surface area contributed by atoms with Crippen molar-refractivity contribution in [2.75, 3.05) is 39.3 Å². The summed E-state index contributed by atoms with van der Waals surface area (Å²) in [6.45, 7) is 4.74. The highest BCUT2D eigenvalue weighted by molar-refractivity contribution is 6.15. The van der Waals surface area contributed by atoms with Gasteiger partial charge >= 0.3 is 0 Å². The third kappa shape index (κ3) is 5.80. The third-order valence-corrected chi connectivity index (χ3v) is 9.28. The molecule has 1 aromatic heterocycles. The number of hydrogen-bond acceptors (Lipinski definition) is 4. The van der Waals surface area contributed by atoms with Crippen LogP contribution in [0.4, 0.5) is 4.39 Å². The second kappa shape index (κ2) is 12.1. The molecule has 0 bridgehead atoms. The van der Waals surface area contributed by atoms with Crippen LogP contribution in [0.15, 0.2) is 48.5 Å². The fraction of sp³-hybridized carbons (Fsp3) is 0.485. The molecule has 8 heteroatoms. The van der Waals surface area contributed by atoms with E-state index in [4.69, 9.17) is 0 Å². The van der Waals surface area contributed by atoms with E-state index in [2.05, 4.69) is 9.88 Å². The zero-order valence-corrected chi connectivity index (χ0v) is 23.6. The van der Waals surface area contributed by atoms with E-state index < -0.39 is 0 Å². The number of aromatic nitrogens is 1. The Labute approximate surface area is 240 Å². The third-order valence-electron chi connectivity index (χ3n) is 9.28. The molecular weight excluding hydrogens is 519 g/mol. The van der Waals surface area contributed by atoms with Gasteiger partial charge in [0.15, 0.2) is 5.78 Å². The summed E-state index contributed by atoms with van der Waals surface area (Å²) in [4.78, 5) is 50.2. The highest BCUT2D eigenvalue weighted by atomic mass is 19.1. The Balaban J connectivity index is 1.10. The van der Waals surface area contributed by atoms with Gasteiger partial charge in [-0.3, -0.25) is 14.4 Å². The Morgan fingerprint density at radius 3 is 2.29 bits per heavy atom. The zero-order chi connectivity index (χ0) is 28.3. The molecule has 2 amide bonds. The normalized spacial score (nSPS) is 20.6. The van der Waals surface area contributed by atoms with Gasteiger partial charge in [-0.15, -0.1) is 0 Å². The summed E-state index contributed by atoms with van der Waals surface area (Å²) in [5.41, 5.74) is 2.35. The van der Waals surface area contributed by atoms with Crippen LogP contribution in [0.3, 0.4) is 0 Å². The number of amides is 2. The van der Waals surface area contributed by atoms with E-state index in [9.17, 15) is 18.8 Å². The largest absolute Gasteiger partial charge is 0.350 e. The first-order valence-corrected chi connectivity index (χ1v) is 15.2. The van der Waals surface area contributed by atoms with Gasteiger partial charge < -0.3 is 19.7 Å². The Bertz CT molecular complexity index is 1400. The highest BCUT2D eigenvalue weighted by Crippen LogP contribution is 2.30. The maximum atomic E-state index is 14.0. The number of hydrogen-bond donors (Lipinski definition) is 1. The number of halogens is 1. The molecule has 6 rings (SSSR count). The lowest BCUT2D eigenvalue weighted by molar-refractivity contribution is 0.0674. The van der Waals surface area contributed by atoms with Crippen LogP contribution in [0.2, 0.25) is 0 Å². The predicted octanol–water partition coefficient (Wildman–Crippen LogP) is 5.52. The molecule has 3 fully saturated rings. The van der Waals surface area contributed by atoms with Gasteiger partial charge in [0.25, 0.3) is 11.8 Å². The quantitative estimate of drug-likeness (QED) is 0.388. The number of carbonyl (C=O) groups is 3. The van der Waals surface area contributed by atoms with E-state index in [-0.39, 0.29) is 35.4 Å². The summed E-state index contributed by atoms with van der Waals surface area (Å²) in [6.07, 6.45) is 7.52. The standard InChI is InChI=1S/C33H39FN4O3/c34-25-12-10-23(11-13-25)31(39)24-14-20-36(21-15-24)22-16-26-7-6-19-38(26)33(41)30-29(27-8-2-3-9-28(27)35-30)32(40)37-17-4-1-5-18-37/h2-3,8-13,24,26,35H,1,4-7,14-22H2/t26-/m0/s1. The number of Topliss-reactive ketones (excluding diaryl/α,β-unsaturated/α-hetero) is 1. The number of nitrogens with one attached hydrogen (secondary N) is 1. The monoisotopic (exact) mass is 558 g/mol. The van der Waals surface area contributed by atoms with Crippen molar-refractivity contribution in [1.82, 2.24) is 19.7 Å². The van der Waals surface area contributed by atoms with E-state index in [0.29, 0.717) is 23.4 Å². The summed E-state index contributed by atoms with van der Waals surface area (Å²) in [5.74, 6) is -0.373. The molecule has 0 spiro atoms. The second-order valence-corrected chi connectivity index (χ2v) is 11.8. The number of benzene rings is 2. The maximum Gasteiger partial charge on any atom is 0.271 e. The molecule has 3 saturated heterocycles. The minimum absolute atomic E-state index is 0.0286. The number of fused-ring (bicyclic) bond motifs is 1. The van der Waals surface area contributed by atoms with Crippen molar-refractivity contribution < 1.29 is 18.8 Å². The lowest BCUT2D eigenvalue weighted by Gasteiger charge is -2.33. The number of ketones is 1. The van der Waals surface area contributed by atoms with Gasteiger partial charge in [0.2, 0.25) is 0 Å². The van der Waals surface area contributed by atoms with Crippen molar-refractivity contribution >= 4 is 28.5 Å². The van der Waals surface area contributed by atoms with E-state index in [0.717, 1.165) is 95.0 Å². The molecule has 0 radical (unpaired) electrons. The average molecular weight is 559 g/mol. The number of likely N-dealkylation sites (tertiary alicyclic amines) is 3. The van der Waals surface area contributed by atoms with Crippen LogP contribution in [0, 0.1) is 11.7 Å². The first-order chi connectivity index (χ1) is 20.0. The first-order valence-electron chi connectivity index (χ1n) is 15.2. The highest BCUT2D eigenvalue weighted by Gasteiger charge is 2.35. The Morgan fingerprint density at radius 1 is 0.805 bits per heavy atom. The number of aromatic amines is 1. The Hall–Kier alpha value is -3.52. The van der Waals surface area contributed by atoms with E-state index in [1.165, 1.54) is 12.1 Å². The van der Waals surface area contributed by atoms with Gasteiger partial charge in [-0.25, -0.2) is 4.39 Å². The van der Waals surface area contributed by atoms with E-state index >= 15 is 0 Å². The maximum absolute atomic E-state index is 14.0. The fourth-order valence-electron chi connectivity index (χ4n) is 6.93. The van der Waals surface area contributed by atoms with Crippen LogP contribution in [-0.2, 0) is 0 Å². The summed E-state index contributed by atoms with van der Waals surface area (Å²) in [7, 11) is 0. The number of carbonyl (C=O) groups excluding carboxylic acids is 3. The van der Waals surface area contributed by atoms with Gasteiger partial charge in [0, 0.05) is 54.6 Å². The average Bonchev–Trinajstić information content (AvgIpc) is 3.65. The molecule has 0 aliphatic carbocycles. The molecule has 0 saturated carbocycles. The van der Waals surface area contributed by atoms with Gasteiger partial charge in [-0.1, -0.05) is 18.2 Å². The van der Waals surface area contributed by atoms with Gasteiger partial charge in [-0.2, -0.15) is 0 Å². The molecule has 41 heavy (non-hydrogen) atoms. The molecule has 3 aliphatic heterocycles. The van der Waals surface area contributed by atoms with Crippen molar-refractivity contribution in [2.24, 2.45) is 5.92 Å². The smallest absolute Gasteiger partial charge is 0.271 e. The van der Waals surface area contributed by atoms with E-state index in [1.54, 1.807) is 12.1 Å². The number of rotatable bonds is 7. The van der Waals surface area contributed by atoms with Crippen LogP contribution in [0.25, 0.3) is 10.9 Å². The fourth-order valence-corrected chi connectivity index (χ4v) is 6.93. The minimum Gasteiger partial charge on any atom is -0.350 e. The number of para-hydroxylation sites is 1. The lowest BCUT2D eigenvalue weighted by atomic mass is 9.88. The molecule has 3 aromatic rings. The van der Waals surface area contributed by atoms with Crippen molar-refractivity contribution in [3.05, 3.63) is 71.2 Å². The molecule has 0 unspecified atom stereocenters. The molecule has 4 heterocycles. The van der Waals surface area contributed by atoms with Crippen LogP contribution < -0.4 is 0 Å². The van der Waals surface area contributed by atoms with Gasteiger partial charge in [0.1, 0.15) is 11.5 Å². The number of nitrogens with zero attached hydrogens (tertiary/aromatic N) is 3. The topological polar surface area (TPSA) is 76.7 Å². The van der Waals surface area contributed by atoms with Crippen LogP contribution in [-0.4, -0.2) is 82.6 Å². The molecule has 216 valence electrons. The summed E-state index contributed by atoms with van der Waals surface area (Å²) < 4.78 is 13.3. The van der Waals surface area contributed by atoms with Crippen molar-refractivity contribution in [3.63, 3.8) is 0 Å². The van der Waals surface area contributed by atoms with Crippen molar-refractivity contribution in [1.29, 1.82) is 0 Å². The summed E-state index contributed by atoms with van der Waals surface area (Å²) in [5, 5.41) is 0.820. The Morgan fingerprint density at radius 2 is 1.54 bits per heavy atom. The molecule has 2 aromatic carbocycles. The lowest BCUT2D eigenvalue weighted by Crippen LogP contribution is -2.42. The molecule has 1 atom stereocenters. The SMILES string of the molecule is O=C(c1ccc(F)cc1)C1CCN(CC[C@@H]2CCCN2C(=O)c2[nH]c3ccccc3c2C(=O)N2CCCCC2)CC1. The molecule has 1 N–H and O–H groups in total. The van der Waals surface area contributed by atoms with Gasteiger partial charge in [-0.05, 0) is 94.8 Å². The minimum atomic E-state index is -0.329. The number of piperidine rings is 2. The summed E-state index contributed by atoms with van der Waals surface area (Å²) in [6, 6.07) is 13.7. The predicted molar refractivity (Wildman–Crippen MR) is 157 cm³/mol. The second-order valence-electron chi connectivity index (χ2n) is 11.8. The molecular formula is C33H39FN4O3. The van der Waals surface area contributed by atoms with Gasteiger partial charge in [0.05, 0.1) is 5.56 Å². The number of H-pyrrole nitrogens is 1.